The third-order valence-electron chi connectivity index (χ3n) is 2.48. The van der Waals surface area contributed by atoms with Gasteiger partial charge in [0.2, 0.25) is 5.95 Å². The molecule has 0 radical (unpaired) electrons. The molecular formula is C11H17N5. The normalized spacial score (nSPS) is 10.6. The van der Waals surface area contributed by atoms with Crippen molar-refractivity contribution in [3.63, 3.8) is 0 Å². The average Bonchev–Trinajstić information content (AvgIpc) is 2.87. The van der Waals surface area contributed by atoms with Gasteiger partial charge in [-0.25, -0.2) is 9.97 Å². The van der Waals surface area contributed by atoms with Crippen molar-refractivity contribution in [3.8, 4) is 0 Å². The molecule has 0 aliphatic heterocycles. The molecule has 0 spiro atoms. The summed E-state index contributed by atoms with van der Waals surface area (Å²) in [7, 11) is 2.00. The van der Waals surface area contributed by atoms with Crippen LogP contribution in [0.15, 0.2) is 24.8 Å². The van der Waals surface area contributed by atoms with Gasteiger partial charge in [0.25, 0.3) is 0 Å². The highest BCUT2D eigenvalue weighted by Gasteiger charge is 2.05. The fraction of sp³-hybridized carbons (Fsp3) is 0.455. The lowest BCUT2D eigenvalue weighted by molar-refractivity contribution is 0.701. The molecule has 1 N–H and O–H groups in total. The number of nitrogens with zero attached hydrogens (tertiary/aromatic N) is 4. The molecule has 2 aromatic heterocycles. The molecule has 86 valence electrons. The van der Waals surface area contributed by atoms with E-state index in [1.165, 1.54) is 0 Å². The van der Waals surface area contributed by atoms with Crippen LogP contribution in [0.2, 0.25) is 0 Å². The number of anilines is 1. The number of aromatic nitrogens is 4. The fourth-order valence-corrected chi connectivity index (χ4v) is 1.54. The van der Waals surface area contributed by atoms with Gasteiger partial charge in [-0.2, -0.15) is 0 Å². The van der Waals surface area contributed by atoms with Gasteiger partial charge in [0.05, 0.1) is 6.54 Å². The summed E-state index contributed by atoms with van der Waals surface area (Å²) in [5, 5.41) is 3.29. The zero-order chi connectivity index (χ0) is 11.4. The largest absolute Gasteiger partial charge is 0.356 e. The third kappa shape index (κ3) is 2.24. The van der Waals surface area contributed by atoms with E-state index in [1.54, 1.807) is 6.20 Å². The van der Waals surface area contributed by atoms with E-state index in [0.29, 0.717) is 0 Å². The predicted octanol–water partition coefficient (Wildman–Crippen LogP) is 1.49. The van der Waals surface area contributed by atoms with E-state index in [9.17, 15) is 0 Å². The molecule has 0 unspecified atom stereocenters. The van der Waals surface area contributed by atoms with Gasteiger partial charge in [-0.15, -0.1) is 0 Å². The summed E-state index contributed by atoms with van der Waals surface area (Å²) < 4.78 is 4.08. The van der Waals surface area contributed by atoms with Gasteiger partial charge >= 0.3 is 0 Å². The van der Waals surface area contributed by atoms with E-state index < -0.39 is 0 Å². The molecule has 0 aromatic carbocycles. The molecule has 0 saturated heterocycles. The number of rotatable bonds is 5. The summed E-state index contributed by atoms with van der Waals surface area (Å²) in [6, 6.07) is 0. The molecular weight excluding hydrogens is 202 g/mol. The van der Waals surface area contributed by atoms with Crippen LogP contribution in [0, 0.1) is 0 Å². The Bertz CT molecular complexity index is 443. The summed E-state index contributed by atoms with van der Waals surface area (Å²) in [6.45, 7) is 3.83. The minimum absolute atomic E-state index is 0.746. The number of aryl methyl sites for hydroxylation is 1. The van der Waals surface area contributed by atoms with E-state index >= 15 is 0 Å². The van der Waals surface area contributed by atoms with Gasteiger partial charge in [0.15, 0.2) is 0 Å². The Balaban J connectivity index is 2.09. The van der Waals surface area contributed by atoms with E-state index in [0.717, 1.165) is 31.3 Å². The molecule has 2 rings (SSSR count). The Hall–Kier alpha value is -1.78. The summed E-state index contributed by atoms with van der Waals surface area (Å²) in [6.07, 6.45) is 8.62. The van der Waals surface area contributed by atoms with Crippen LogP contribution in [0.3, 0.4) is 0 Å². The summed E-state index contributed by atoms with van der Waals surface area (Å²) in [5.74, 6) is 1.93. The molecule has 0 saturated carbocycles. The van der Waals surface area contributed by atoms with Crippen molar-refractivity contribution in [1.82, 2.24) is 19.1 Å². The van der Waals surface area contributed by atoms with Gasteiger partial charge in [-0.1, -0.05) is 6.92 Å². The monoisotopic (exact) mass is 219 g/mol. The molecule has 0 fully saturated rings. The maximum Gasteiger partial charge on any atom is 0.203 e. The second kappa shape index (κ2) is 4.83. The smallest absolute Gasteiger partial charge is 0.203 e. The van der Waals surface area contributed by atoms with Crippen LogP contribution in [0.4, 0.5) is 5.95 Å². The van der Waals surface area contributed by atoms with Gasteiger partial charge < -0.3 is 14.5 Å². The Kier molecular flexibility index (Phi) is 3.24. The van der Waals surface area contributed by atoms with Crippen molar-refractivity contribution in [3.05, 3.63) is 30.6 Å². The van der Waals surface area contributed by atoms with Crippen molar-refractivity contribution in [2.45, 2.75) is 19.9 Å². The second-order valence-corrected chi connectivity index (χ2v) is 3.76. The topological polar surface area (TPSA) is 47.7 Å². The van der Waals surface area contributed by atoms with Crippen molar-refractivity contribution in [2.75, 3.05) is 11.9 Å². The molecule has 0 aliphatic rings. The number of nitrogens with one attached hydrogen (secondary N) is 1. The van der Waals surface area contributed by atoms with Crippen LogP contribution in [-0.4, -0.2) is 25.6 Å². The summed E-state index contributed by atoms with van der Waals surface area (Å²) in [4.78, 5) is 8.58. The quantitative estimate of drug-likeness (QED) is 0.828. The zero-order valence-corrected chi connectivity index (χ0v) is 9.72. The Labute approximate surface area is 95.1 Å². The van der Waals surface area contributed by atoms with Crippen LogP contribution in [0.25, 0.3) is 0 Å². The molecule has 5 heteroatoms. The van der Waals surface area contributed by atoms with Crippen molar-refractivity contribution in [2.24, 2.45) is 7.05 Å². The standard InChI is InChI=1S/C11H17N5/c1-3-4-13-11-14-6-8-16(11)9-10-12-5-7-15(10)2/h5-8H,3-4,9H2,1-2H3,(H,13,14). The van der Waals surface area contributed by atoms with Gasteiger partial charge in [0, 0.05) is 38.4 Å². The molecule has 16 heavy (non-hydrogen) atoms. The molecule has 0 aliphatic carbocycles. The fourth-order valence-electron chi connectivity index (χ4n) is 1.54. The molecule has 0 bridgehead atoms. The predicted molar refractivity (Wildman–Crippen MR) is 63.3 cm³/mol. The van der Waals surface area contributed by atoms with E-state index in [4.69, 9.17) is 0 Å². The lowest BCUT2D eigenvalue weighted by Gasteiger charge is -2.08. The van der Waals surface area contributed by atoms with Crippen LogP contribution >= 0.6 is 0 Å². The van der Waals surface area contributed by atoms with E-state index in [2.05, 4.69) is 26.8 Å². The minimum atomic E-state index is 0.746. The molecule has 2 heterocycles. The molecule has 0 atom stereocenters. The molecule has 2 aromatic rings. The van der Waals surface area contributed by atoms with Crippen LogP contribution in [0.5, 0.6) is 0 Å². The number of hydrogen-bond acceptors (Lipinski definition) is 3. The zero-order valence-electron chi connectivity index (χ0n) is 9.72. The van der Waals surface area contributed by atoms with Crippen molar-refractivity contribution < 1.29 is 0 Å². The lowest BCUT2D eigenvalue weighted by Crippen LogP contribution is -2.11. The maximum atomic E-state index is 4.30. The van der Waals surface area contributed by atoms with Crippen LogP contribution < -0.4 is 5.32 Å². The van der Waals surface area contributed by atoms with E-state index in [-0.39, 0.29) is 0 Å². The first kappa shape index (κ1) is 10.7. The Morgan fingerprint density at radius 1 is 1.25 bits per heavy atom. The van der Waals surface area contributed by atoms with Crippen molar-refractivity contribution in [1.29, 1.82) is 0 Å². The Morgan fingerprint density at radius 3 is 2.75 bits per heavy atom. The maximum absolute atomic E-state index is 4.30. The number of imidazole rings is 2. The van der Waals surface area contributed by atoms with Gasteiger partial charge in [0.1, 0.15) is 5.82 Å². The van der Waals surface area contributed by atoms with Crippen molar-refractivity contribution >= 4 is 5.95 Å². The van der Waals surface area contributed by atoms with E-state index in [1.807, 2.05) is 30.2 Å². The third-order valence-corrected chi connectivity index (χ3v) is 2.48. The molecule has 0 amide bonds. The van der Waals surface area contributed by atoms with Gasteiger partial charge in [-0.05, 0) is 6.42 Å². The highest BCUT2D eigenvalue weighted by atomic mass is 15.2. The first-order chi connectivity index (χ1) is 7.81. The average molecular weight is 219 g/mol. The molecule has 5 nitrogen and oxygen atoms in total. The van der Waals surface area contributed by atoms with Crippen LogP contribution in [0.1, 0.15) is 19.2 Å². The van der Waals surface area contributed by atoms with Gasteiger partial charge in [-0.3, -0.25) is 0 Å². The van der Waals surface area contributed by atoms with Crippen LogP contribution in [-0.2, 0) is 13.6 Å². The number of hydrogen-bond donors (Lipinski definition) is 1. The SMILES string of the molecule is CCCNc1nccn1Cc1nccn1C. The Morgan fingerprint density at radius 2 is 2.06 bits per heavy atom. The first-order valence-corrected chi connectivity index (χ1v) is 5.52. The minimum Gasteiger partial charge on any atom is -0.356 e. The highest BCUT2D eigenvalue weighted by molar-refractivity contribution is 5.26. The summed E-state index contributed by atoms with van der Waals surface area (Å²) >= 11 is 0. The second-order valence-electron chi connectivity index (χ2n) is 3.76. The summed E-state index contributed by atoms with van der Waals surface area (Å²) in [5.41, 5.74) is 0. The lowest BCUT2D eigenvalue weighted by atomic mass is 10.5. The first-order valence-electron chi connectivity index (χ1n) is 5.52. The highest BCUT2D eigenvalue weighted by Crippen LogP contribution is 2.07.